The van der Waals surface area contributed by atoms with Crippen LogP contribution in [0.25, 0.3) is 0 Å². The lowest BCUT2D eigenvalue weighted by Crippen LogP contribution is -2.14. The first kappa shape index (κ1) is 12.5. The average molecular weight is 231 g/mol. The van der Waals surface area contributed by atoms with Gasteiger partial charge in [0.15, 0.2) is 0 Å². The molecule has 0 amide bonds. The third-order valence-electron chi connectivity index (χ3n) is 2.31. The Bertz CT molecular complexity index is 191. The fourth-order valence-electron chi connectivity index (χ4n) is 1.47. The fourth-order valence-corrected chi connectivity index (χ4v) is 4.13. The molecule has 0 aromatic heterocycles. The normalized spacial score (nSPS) is 19.5. The zero-order valence-corrected chi connectivity index (χ0v) is 10.8. The van der Waals surface area contributed by atoms with Crippen molar-refractivity contribution in [3.8, 4) is 0 Å². The molecule has 1 aliphatic heterocycles. The van der Waals surface area contributed by atoms with Crippen molar-refractivity contribution >= 4 is 23.5 Å². The molecule has 1 unspecified atom stereocenters. The summed E-state index contributed by atoms with van der Waals surface area (Å²) in [7, 11) is 0. The monoisotopic (exact) mass is 231 g/mol. The van der Waals surface area contributed by atoms with Crippen molar-refractivity contribution in [3.63, 3.8) is 0 Å². The zero-order valence-electron chi connectivity index (χ0n) is 9.21. The van der Waals surface area contributed by atoms with E-state index in [0.29, 0.717) is 6.04 Å². The maximum absolute atomic E-state index is 5.73. The van der Waals surface area contributed by atoms with Gasteiger partial charge in [-0.05, 0) is 51.0 Å². The Labute approximate surface area is 96.3 Å². The van der Waals surface area contributed by atoms with Gasteiger partial charge in [-0.25, -0.2) is 0 Å². The maximum Gasteiger partial charge on any atom is 0.0390 e. The summed E-state index contributed by atoms with van der Waals surface area (Å²) in [5.41, 5.74) is 7.31. The molecule has 1 heterocycles. The molecule has 82 valence electrons. The quantitative estimate of drug-likeness (QED) is 0.800. The molecule has 1 nitrogen and oxygen atoms in total. The van der Waals surface area contributed by atoms with Crippen LogP contribution in [0.15, 0.2) is 9.81 Å². The van der Waals surface area contributed by atoms with Gasteiger partial charge in [-0.1, -0.05) is 5.57 Å². The molecular weight excluding hydrogens is 210 g/mol. The van der Waals surface area contributed by atoms with Gasteiger partial charge in [-0.3, -0.25) is 0 Å². The molecule has 1 aliphatic rings. The predicted octanol–water partition coefficient (Wildman–Crippen LogP) is 3.61. The molecule has 0 aromatic carbocycles. The van der Waals surface area contributed by atoms with Crippen LogP contribution < -0.4 is 5.73 Å². The van der Waals surface area contributed by atoms with E-state index in [2.05, 4.69) is 13.8 Å². The Morgan fingerprint density at radius 1 is 1.43 bits per heavy atom. The highest BCUT2D eigenvalue weighted by molar-refractivity contribution is 8.22. The lowest BCUT2D eigenvalue weighted by atomic mass is 10.1. The number of thioether (sulfide) groups is 2. The molecule has 1 rings (SSSR count). The second-order valence-corrected chi connectivity index (χ2v) is 6.46. The van der Waals surface area contributed by atoms with Gasteiger partial charge in [0.25, 0.3) is 0 Å². The van der Waals surface area contributed by atoms with Gasteiger partial charge >= 0.3 is 0 Å². The van der Waals surface area contributed by atoms with E-state index in [9.17, 15) is 0 Å². The topological polar surface area (TPSA) is 26.0 Å². The predicted molar refractivity (Wildman–Crippen MR) is 69.7 cm³/mol. The highest BCUT2D eigenvalue weighted by atomic mass is 32.2. The second-order valence-electron chi connectivity index (χ2n) is 3.99. The lowest BCUT2D eigenvalue weighted by molar-refractivity contribution is 0.622. The van der Waals surface area contributed by atoms with Gasteiger partial charge in [0.2, 0.25) is 0 Å². The van der Waals surface area contributed by atoms with Crippen LogP contribution in [-0.2, 0) is 0 Å². The number of hydrogen-bond donors (Lipinski definition) is 1. The van der Waals surface area contributed by atoms with Crippen LogP contribution in [0.5, 0.6) is 0 Å². The molecule has 3 heteroatoms. The van der Waals surface area contributed by atoms with Crippen molar-refractivity contribution in [2.24, 2.45) is 5.73 Å². The lowest BCUT2D eigenvalue weighted by Gasteiger charge is -2.16. The maximum atomic E-state index is 5.73. The minimum Gasteiger partial charge on any atom is -0.328 e. The Morgan fingerprint density at radius 2 is 2.07 bits per heavy atom. The van der Waals surface area contributed by atoms with Gasteiger partial charge in [-0.15, -0.1) is 23.5 Å². The van der Waals surface area contributed by atoms with Crippen molar-refractivity contribution in [1.29, 1.82) is 0 Å². The van der Waals surface area contributed by atoms with E-state index in [1.54, 1.807) is 9.81 Å². The number of nitrogens with two attached hydrogens (primary N) is 1. The van der Waals surface area contributed by atoms with E-state index in [1.807, 2.05) is 23.5 Å². The Balaban J connectivity index is 2.27. The Hall–Kier alpha value is 0.400. The van der Waals surface area contributed by atoms with E-state index in [-0.39, 0.29) is 0 Å². The summed E-state index contributed by atoms with van der Waals surface area (Å²) in [6.07, 6.45) is 5.00. The van der Waals surface area contributed by atoms with Crippen molar-refractivity contribution in [3.05, 3.63) is 9.81 Å². The summed E-state index contributed by atoms with van der Waals surface area (Å²) in [6.45, 7) is 4.37. The highest BCUT2D eigenvalue weighted by Crippen LogP contribution is 2.38. The number of hydrogen-bond acceptors (Lipinski definition) is 3. The fraction of sp³-hybridized carbons (Fsp3) is 0.818. The van der Waals surface area contributed by atoms with Crippen LogP contribution in [0.1, 0.15) is 39.5 Å². The van der Waals surface area contributed by atoms with Crippen LogP contribution >= 0.6 is 23.5 Å². The minimum absolute atomic E-state index is 0.361. The van der Waals surface area contributed by atoms with Crippen molar-refractivity contribution in [2.75, 3.05) is 11.5 Å². The summed E-state index contributed by atoms with van der Waals surface area (Å²) in [5, 5.41) is 0. The molecule has 1 atom stereocenters. The molecule has 2 N–H and O–H groups in total. The summed E-state index contributed by atoms with van der Waals surface area (Å²) in [5.74, 6) is 2.62. The zero-order chi connectivity index (χ0) is 10.4. The summed E-state index contributed by atoms with van der Waals surface area (Å²) < 4.78 is 1.58. The van der Waals surface area contributed by atoms with Crippen LogP contribution in [0, 0.1) is 0 Å². The van der Waals surface area contributed by atoms with E-state index in [1.165, 1.54) is 30.8 Å². The Morgan fingerprint density at radius 3 is 2.64 bits per heavy atom. The van der Waals surface area contributed by atoms with Crippen molar-refractivity contribution in [2.45, 2.75) is 45.6 Å². The largest absolute Gasteiger partial charge is 0.328 e. The first-order valence-electron chi connectivity index (χ1n) is 5.41. The van der Waals surface area contributed by atoms with Gasteiger partial charge < -0.3 is 5.73 Å². The van der Waals surface area contributed by atoms with Crippen molar-refractivity contribution < 1.29 is 0 Å². The number of allylic oxidation sites excluding steroid dienone is 1. The molecule has 14 heavy (non-hydrogen) atoms. The standard InChI is InChI=1S/C11H21NS2/c1-9(5-3-6-10(2)12)11-13-7-4-8-14-11/h10H,3-8,12H2,1-2H3. The summed E-state index contributed by atoms with van der Waals surface area (Å²) >= 11 is 4.08. The molecule has 0 bridgehead atoms. The first-order valence-corrected chi connectivity index (χ1v) is 7.38. The van der Waals surface area contributed by atoms with E-state index >= 15 is 0 Å². The molecule has 0 aromatic rings. The van der Waals surface area contributed by atoms with E-state index in [4.69, 9.17) is 5.73 Å². The molecular formula is C11H21NS2. The van der Waals surface area contributed by atoms with Crippen LogP contribution in [0.3, 0.4) is 0 Å². The van der Waals surface area contributed by atoms with Gasteiger partial charge in [0.05, 0.1) is 0 Å². The molecule has 0 saturated carbocycles. The smallest absolute Gasteiger partial charge is 0.0390 e. The second kappa shape index (κ2) is 6.81. The molecule has 0 aliphatic carbocycles. The minimum atomic E-state index is 0.361. The van der Waals surface area contributed by atoms with Gasteiger partial charge in [-0.2, -0.15) is 0 Å². The molecule has 0 radical (unpaired) electrons. The van der Waals surface area contributed by atoms with Crippen LogP contribution in [0.4, 0.5) is 0 Å². The Kier molecular flexibility index (Phi) is 6.06. The summed E-state index contributed by atoms with van der Waals surface area (Å²) in [4.78, 5) is 0. The SMILES string of the molecule is CC(CCCC(C)N)=C1SCCCS1. The van der Waals surface area contributed by atoms with E-state index in [0.717, 1.165) is 6.42 Å². The molecule has 1 saturated heterocycles. The number of rotatable bonds is 4. The first-order chi connectivity index (χ1) is 6.70. The third kappa shape index (κ3) is 4.76. The molecule has 0 spiro atoms. The van der Waals surface area contributed by atoms with Gasteiger partial charge in [0, 0.05) is 10.3 Å². The van der Waals surface area contributed by atoms with Crippen molar-refractivity contribution in [1.82, 2.24) is 0 Å². The molecule has 1 fully saturated rings. The average Bonchev–Trinajstić information content (AvgIpc) is 2.18. The van der Waals surface area contributed by atoms with E-state index < -0.39 is 0 Å². The van der Waals surface area contributed by atoms with Crippen LogP contribution in [0.2, 0.25) is 0 Å². The van der Waals surface area contributed by atoms with Crippen LogP contribution in [-0.4, -0.2) is 17.5 Å². The summed E-state index contributed by atoms with van der Waals surface area (Å²) in [6, 6.07) is 0.361. The highest BCUT2D eigenvalue weighted by Gasteiger charge is 2.09. The van der Waals surface area contributed by atoms with Gasteiger partial charge in [0.1, 0.15) is 0 Å². The third-order valence-corrected chi connectivity index (χ3v) is 5.23.